The Morgan fingerprint density at radius 3 is 2.00 bits per heavy atom. The number of carbonyl (C=O) groups is 5. The molecule has 2 bridgehead atoms. The van der Waals surface area contributed by atoms with Crippen molar-refractivity contribution in [1.29, 1.82) is 0 Å². The molecule has 0 radical (unpaired) electrons. The van der Waals surface area contributed by atoms with Crippen LogP contribution in [0.15, 0.2) is 60.7 Å². The molecule has 7 unspecified atom stereocenters. The van der Waals surface area contributed by atoms with Crippen LogP contribution in [-0.2, 0) is 19.1 Å². The number of nitro groups is 1. The zero-order valence-electron chi connectivity index (χ0n) is 23.6. The molecule has 11 heteroatoms. The van der Waals surface area contributed by atoms with Gasteiger partial charge in [0.15, 0.2) is 12.4 Å². The first-order valence-electron chi connectivity index (χ1n) is 14.4. The molecule has 0 N–H and O–H groups in total. The Kier molecular flexibility index (Phi) is 7.19. The van der Waals surface area contributed by atoms with Crippen LogP contribution < -0.4 is 4.74 Å². The molecule has 1 aliphatic heterocycles. The summed E-state index contributed by atoms with van der Waals surface area (Å²) in [6.45, 7) is 3.19. The quantitative estimate of drug-likeness (QED) is 0.0765. The zero-order valence-corrected chi connectivity index (χ0v) is 23.6. The second-order valence-corrected chi connectivity index (χ2v) is 12.1. The van der Waals surface area contributed by atoms with Crippen LogP contribution in [0.3, 0.4) is 0 Å². The lowest BCUT2D eigenvalue weighted by molar-refractivity contribution is -0.384. The Hall–Kier alpha value is -4.67. The van der Waals surface area contributed by atoms with Crippen molar-refractivity contribution in [3.8, 4) is 5.75 Å². The lowest BCUT2D eigenvalue weighted by atomic mass is 9.63. The molecule has 2 aromatic rings. The van der Waals surface area contributed by atoms with Gasteiger partial charge in [-0.15, -0.1) is 0 Å². The number of allylic oxidation sites excluding steroid dienone is 2. The minimum atomic E-state index is -1.10. The van der Waals surface area contributed by atoms with Crippen LogP contribution in [0.1, 0.15) is 47.4 Å². The van der Waals surface area contributed by atoms with Crippen molar-refractivity contribution < 1.29 is 38.4 Å². The third-order valence-electron chi connectivity index (χ3n) is 9.02. The van der Waals surface area contributed by atoms with Gasteiger partial charge in [0.25, 0.3) is 5.69 Å². The number of Topliss-reactive ketones (excluding diaryl/α,β-unsaturated/α-hetero) is 1. The number of carbonyl (C=O) groups excluding carboxylic acids is 5. The summed E-state index contributed by atoms with van der Waals surface area (Å²) in [5.74, 6) is -2.43. The second kappa shape index (κ2) is 10.9. The van der Waals surface area contributed by atoms with Crippen LogP contribution >= 0.6 is 0 Å². The van der Waals surface area contributed by atoms with Crippen molar-refractivity contribution in [2.75, 3.05) is 6.61 Å². The molecule has 0 spiro atoms. The van der Waals surface area contributed by atoms with E-state index in [-0.39, 0.29) is 58.6 Å². The number of imide groups is 1. The van der Waals surface area contributed by atoms with Crippen molar-refractivity contribution in [1.82, 2.24) is 4.90 Å². The average Bonchev–Trinajstić information content (AvgIpc) is 3.77. The van der Waals surface area contributed by atoms with Gasteiger partial charge in [-0.05, 0) is 78.8 Å². The van der Waals surface area contributed by atoms with E-state index in [1.54, 1.807) is 0 Å². The molecule has 43 heavy (non-hydrogen) atoms. The molecule has 1 saturated heterocycles. The van der Waals surface area contributed by atoms with Crippen molar-refractivity contribution >= 4 is 35.2 Å². The monoisotopic (exact) mass is 586 g/mol. The first-order chi connectivity index (χ1) is 20.5. The minimum Gasteiger partial charge on any atom is -0.456 e. The lowest BCUT2D eigenvalue weighted by Gasteiger charge is -2.37. The van der Waals surface area contributed by atoms with Gasteiger partial charge in [-0.25, -0.2) is 9.59 Å². The maximum atomic E-state index is 13.6. The van der Waals surface area contributed by atoms with Gasteiger partial charge in [0.05, 0.1) is 22.3 Å². The topological polar surface area (TPSA) is 150 Å². The summed E-state index contributed by atoms with van der Waals surface area (Å²) < 4.78 is 10.6. The number of esters is 2. The molecule has 5 aliphatic rings. The van der Waals surface area contributed by atoms with E-state index in [0.29, 0.717) is 11.8 Å². The molecule has 2 saturated carbocycles. The Morgan fingerprint density at radius 2 is 1.47 bits per heavy atom. The third-order valence-corrected chi connectivity index (χ3v) is 9.02. The Labute approximate surface area is 247 Å². The number of amides is 2. The fourth-order valence-corrected chi connectivity index (χ4v) is 6.95. The molecule has 7 rings (SSSR count). The highest BCUT2D eigenvalue weighted by Gasteiger charge is 2.68. The molecular weight excluding hydrogens is 556 g/mol. The standard InChI is InChI=1S/C32H30N2O9/c1-16(2)13-25(33-29(36)27-21-11-12-22(24-14-23(21)24)28(27)30(33)37)32(39)42-15-26(35)17-5-9-20(10-6-17)43-31(38)18-3-7-19(8-4-18)34(40)41/h3-12,16,21-25,27-28H,13-15H2,1-2H3. The predicted molar refractivity (Wildman–Crippen MR) is 150 cm³/mol. The van der Waals surface area contributed by atoms with Gasteiger partial charge >= 0.3 is 11.9 Å². The van der Waals surface area contributed by atoms with Gasteiger partial charge in [0, 0.05) is 17.7 Å². The smallest absolute Gasteiger partial charge is 0.343 e. The summed E-state index contributed by atoms with van der Waals surface area (Å²) in [6.07, 6.45) is 5.42. The summed E-state index contributed by atoms with van der Waals surface area (Å²) in [6, 6.07) is 9.45. The van der Waals surface area contributed by atoms with E-state index in [1.807, 2.05) is 13.8 Å². The van der Waals surface area contributed by atoms with Gasteiger partial charge < -0.3 is 9.47 Å². The van der Waals surface area contributed by atoms with Gasteiger partial charge in [-0.1, -0.05) is 26.0 Å². The van der Waals surface area contributed by atoms with Crippen molar-refractivity contribution in [2.45, 2.75) is 32.7 Å². The average molecular weight is 587 g/mol. The number of hydrogen-bond acceptors (Lipinski definition) is 9. The van der Waals surface area contributed by atoms with E-state index in [9.17, 15) is 34.1 Å². The fourth-order valence-electron chi connectivity index (χ4n) is 6.95. The highest BCUT2D eigenvalue weighted by Crippen LogP contribution is 2.65. The highest BCUT2D eigenvalue weighted by atomic mass is 16.6. The van der Waals surface area contributed by atoms with E-state index in [0.717, 1.165) is 11.3 Å². The van der Waals surface area contributed by atoms with Crippen molar-refractivity contribution in [2.24, 2.45) is 41.4 Å². The molecule has 2 amide bonds. The number of benzene rings is 2. The molecule has 2 aromatic carbocycles. The second-order valence-electron chi connectivity index (χ2n) is 12.1. The van der Waals surface area contributed by atoms with Gasteiger partial charge in [0.1, 0.15) is 11.8 Å². The van der Waals surface area contributed by atoms with Crippen molar-refractivity contribution in [3.05, 3.63) is 81.9 Å². The Balaban J connectivity index is 1.08. The van der Waals surface area contributed by atoms with Gasteiger partial charge in [-0.3, -0.25) is 29.4 Å². The molecule has 0 aromatic heterocycles. The minimum absolute atomic E-state index is 0.0130. The fraction of sp³-hybridized carbons (Fsp3) is 0.406. The first-order valence-corrected chi connectivity index (χ1v) is 14.4. The molecule has 7 atom stereocenters. The van der Waals surface area contributed by atoms with Crippen LogP contribution in [0.5, 0.6) is 5.75 Å². The van der Waals surface area contributed by atoms with Crippen LogP contribution in [0.25, 0.3) is 0 Å². The van der Waals surface area contributed by atoms with Crippen molar-refractivity contribution in [3.63, 3.8) is 0 Å². The molecule has 4 aliphatic carbocycles. The normalized spacial score (nSPS) is 27.0. The number of nitrogens with zero attached hydrogens (tertiary/aromatic N) is 2. The largest absolute Gasteiger partial charge is 0.456 e. The van der Waals surface area contributed by atoms with Crippen LogP contribution in [-0.4, -0.2) is 52.0 Å². The van der Waals surface area contributed by atoms with Gasteiger partial charge in [0.2, 0.25) is 11.8 Å². The number of rotatable bonds is 10. The molecule has 3 fully saturated rings. The summed E-state index contributed by atoms with van der Waals surface area (Å²) in [5.41, 5.74) is 0.154. The molecular formula is C32H30N2O9. The van der Waals surface area contributed by atoms with E-state index >= 15 is 0 Å². The first kappa shape index (κ1) is 28.4. The number of ether oxygens (including phenoxy) is 2. The zero-order chi connectivity index (χ0) is 30.6. The SMILES string of the molecule is CC(C)CC(C(=O)OCC(=O)c1ccc(OC(=O)c2ccc([N+](=O)[O-])cc2)cc1)N1C(=O)C2C3C=CC(C4CC34)C2C1=O. The highest BCUT2D eigenvalue weighted by molar-refractivity contribution is 6.09. The predicted octanol–water partition coefficient (Wildman–Crippen LogP) is 4.01. The summed E-state index contributed by atoms with van der Waals surface area (Å²) in [5, 5.41) is 10.8. The maximum Gasteiger partial charge on any atom is 0.343 e. The number of non-ortho nitro benzene ring substituents is 1. The molecule has 11 nitrogen and oxygen atoms in total. The van der Waals surface area contributed by atoms with E-state index in [4.69, 9.17) is 9.47 Å². The number of nitro benzene ring substituents is 1. The number of ketones is 1. The van der Waals surface area contributed by atoms with E-state index in [1.165, 1.54) is 48.5 Å². The Morgan fingerprint density at radius 1 is 0.907 bits per heavy atom. The third kappa shape index (κ3) is 5.13. The summed E-state index contributed by atoms with van der Waals surface area (Å²) >= 11 is 0. The van der Waals surface area contributed by atoms with E-state index in [2.05, 4.69) is 12.2 Å². The van der Waals surface area contributed by atoms with Crippen LogP contribution in [0.2, 0.25) is 0 Å². The maximum absolute atomic E-state index is 13.6. The van der Waals surface area contributed by atoms with Crippen LogP contribution in [0.4, 0.5) is 5.69 Å². The van der Waals surface area contributed by atoms with Gasteiger partial charge in [-0.2, -0.15) is 0 Å². The number of hydrogen-bond donors (Lipinski definition) is 0. The lowest BCUT2D eigenvalue weighted by Crippen LogP contribution is -2.47. The van der Waals surface area contributed by atoms with Crippen LogP contribution in [0, 0.1) is 51.5 Å². The van der Waals surface area contributed by atoms with E-state index < -0.39 is 47.1 Å². The molecule has 222 valence electrons. The number of likely N-dealkylation sites (tertiary alicyclic amines) is 1. The summed E-state index contributed by atoms with van der Waals surface area (Å²) in [4.78, 5) is 76.9. The molecule has 1 heterocycles. The Bertz CT molecular complexity index is 1510. The summed E-state index contributed by atoms with van der Waals surface area (Å²) in [7, 11) is 0.